The van der Waals surface area contributed by atoms with Crippen molar-refractivity contribution >= 4 is 37.5 Å². The highest BCUT2D eigenvalue weighted by atomic mass is 79.9. The molecule has 0 spiro atoms. The Balaban J connectivity index is 1.61. The predicted octanol–water partition coefficient (Wildman–Crippen LogP) is 4.66. The van der Waals surface area contributed by atoms with Gasteiger partial charge in [0.15, 0.2) is 0 Å². The Kier molecular flexibility index (Phi) is 6.79. The smallest absolute Gasteiger partial charge is 0.243 e. The number of rotatable bonds is 7. The summed E-state index contributed by atoms with van der Waals surface area (Å²) in [6.45, 7) is 2.01. The first-order valence-electron chi connectivity index (χ1n) is 10.6. The summed E-state index contributed by atoms with van der Waals surface area (Å²) in [5, 5.41) is 0. The minimum Gasteiger partial charge on any atom is -0.308 e. The third-order valence-electron chi connectivity index (χ3n) is 5.71. The molecule has 32 heavy (non-hydrogen) atoms. The highest BCUT2D eigenvalue weighted by Gasteiger charge is 2.34. The summed E-state index contributed by atoms with van der Waals surface area (Å²) in [7, 11) is -3.82. The maximum atomic E-state index is 13.4. The number of nitrogens with zero attached hydrogens (tertiary/aromatic N) is 2. The van der Waals surface area contributed by atoms with E-state index in [-0.39, 0.29) is 29.9 Å². The van der Waals surface area contributed by atoms with Crippen LogP contribution in [0.15, 0.2) is 88.2 Å². The van der Waals surface area contributed by atoms with E-state index in [9.17, 15) is 13.2 Å². The fraction of sp³-hybridized carbons (Fsp3) is 0.240. The summed E-state index contributed by atoms with van der Waals surface area (Å²) in [6.07, 6.45) is 1.27. The summed E-state index contributed by atoms with van der Waals surface area (Å²) < 4.78 is 29.1. The van der Waals surface area contributed by atoms with Crippen molar-refractivity contribution in [2.24, 2.45) is 0 Å². The lowest BCUT2D eigenvalue weighted by Gasteiger charge is -2.27. The second-order valence-corrected chi connectivity index (χ2v) is 10.8. The minimum atomic E-state index is -3.82. The molecule has 0 fully saturated rings. The molecule has 7 heteroatoms. The first-order chi connectivity index (χ1) is 15.4. The molecule has 166 valence electrons. The number of fused-ring (bicyclic) bond motifs is 1. The lowest BCUT2D eigenvalue weighted by molar-refractivity contribution is -0.119. The summed E-state index contributed by atoms with van der Waals surface area (Å²) >= 11 is 3.49. The van der Waals surface area contributed by atoms with Gasteiger partial charge < -0.3 is 4.90 Å². The number of halogens is 1. The van der Waals surface area contributed by atoms with Crippen molar-refractivity contribution in [2.45, 2.75) is 30.7 Å². The van der Waals surface area contributed by atoms with Crippen LogP contribution in [0.25, 0.3) is 0 Å². The molecular formula is C25H25BrN2O3S. The van der Waals surface area contributed by atoms with Gasteiger partial charge in [0.25, 0.3) is 0 Å². The molecule has 1 aliphatic heterocycles. The van der Waals surface area contributed by atoms with Crippen molar-refractivity contribution in [1.82, 2.24) is 4.31 Å². The van der Waals surface area contributed by atoms with E-state index in [1.807, 2.05) is 55.5 Å². The van der Waals surface area contributed by atoms with Crippen LogP contribution in [0.1, 0.15) is 18.1 Å². The Morgan fingerprint density at radius 3 is 2.38 bits per heavy atom. The maximum absolute atomic E-state index is 13.4. The number of hydrogen-bond donors (Lipinski definition) is 0. The summed E-state index contributed by atoms with van der Waals surface area (Å²) in [5.41, 5.74) is 2.96. The highest BCUT2D eigenvalue weighted by molar-refractivity contribution is 9.10. The molecule has 1 amide bonds. The van der Waals surface area contributed by atoms with Crippen LogP contribution in [0.3, 0.4) is 0 Å². The van der Waals surface area contributed by atoms with E-state index >= 15 is 0 Å². The lowest BCUT2D eigenvalue weighted by Crippen LogP contribution is -2.45. The standard InChI is InChI=1S/C25H25BrN2O3S/c1-19-16-21-17-22(26)12-13-24(21)28(19)25(29)18-27(15-14-20-8-4-2-5-9-20)32(30,31)23-10-6-3-7-11-23/h2-13,17,19H,14-16,18H2,1H3/t19-/m1/s1. The van der Waals surface area contributed by atoms with Crippen molar-refractivity contribution < 1.29 is 13.2 Å². The van der Waals surface area contributed by atoms with Crippen molar-refractivity contribution in [1.29, 1.82) is 0 Å². The molecule has 3 aromatic carbocycles. The van der Waals surface area contributed by atoms with Crippen LogP contribution >= 0.6 is 15.9 Å². The average molecular weight is 513 g/mol. The van der Waals surface area contributed by atoms with E-state index in [0.29, 0.717) is 6.42 Å². The molecular weight excluding hydrogens is 488 g/mol. The number of anilines is 1. The van der Waals surface area contributed by atoms with Gasteiger partial charge in [0, 0.05) is 22.7 Å². The minimum absolute atomic E-state index is 0.0257. The molecule has 1 atom stereocenters. The van der Waals surface area contributed by atoms with Gasteiger partial charge in [-0.15, -0.1) is 0 Å². The van der Waals surface area contributed by atoms with Crippen molar-refractivity contribution in [3.63, 3.8) is 0 Å². The molecule has 0 aliphatic carbocycles. The quantitative estimate of drug-likeness (QED) is 0.462. The fourth-order valence-electron chi connectivity index (χ4n) is 4.13. The average Bonchev–Trinajstić information content (AvgIpc) is 3.12. The lowest BCUT2D eigenvalue weighted by atomic mass is 10.1. The monoisotopic (exact) mass is 512 g/mol. The predicted molar refractivity (Wildman–Crippen MR) is 130 cm³/mol. The van der Waals surface area contributed by atoms with E-state index in [4.69, 9.17) is 0 Å². The molecule has 5 nitrogen and oxygen atoms in total. The Morgan fingerprint density at radius 2 is 1.69 bits per heavy atom. The van der Waals surface area contributed by atoms with Gasteiger partial charge in [0.2, 0.25) is 15.9 Å². The third-order valence-corrected chi connectivity index (χ3v) is 8.06. The van der Waals surface area contributed by atoms with Crippen molar-refractivity contribution in [2.75, 3.05) is 18.0 Å². The van der Waals surface area contributed by atoms with Crippen LogP contribution in [-0.2, 0) is 27.7 Å². The molecule has 0 unspecified atom stereocenters. The summed E-state index contributed by atoms with van der Waals surface area (Å²) in [5.74, 6) is -0.217. The first-order valence-corrected chi connectivity index (χ1v) is 12.8. The number of carbonyl (C=O) groups excluding carboxylic acids is 1. The van der Waals surface area contributed by atoms with Crippen LogP contribution < -0.4 is 4.90 Å². The summed E-state index contributed by atoms with van der Waals surface area (Å²) in [6, 6.07) is 23.8. The molecule has 0 bridgehead atoms. The van der Waals surface area contributed by atoms with Gasteiger partial charge >= 0.3 is 0 Å². The van der Waals surface area contributed by atoms with E-state index in [0.717, 1.165) is 27.7 Å². The molecule has 1 aliphatic rings. The van der Waals surface area contributed by atoms with E-state index in [2.05, 4.69) is 15.9 Å². The van der Waals surface area contributed by atoms with Crippen LogP contribution in [0, 0.1) is 0 Å². The number of amides is 1. The third kappa shape index (κ3) is 4.80. The van der Waals surface area contributed by atoms with Gasteiger partial charge in [0.05, 0.1) is 11.4 Å². The Hall–Kier alpha value is -2.48. The zero-order valence-electron chi connectivity index (χ0n) is 17.8. The van der Waals surface area contributed by atoms with Gasteiger partial charge in [-0.05, 0) is 61.2 Å². The molecule has 0 N–H and O–H groups in total. The zero-order chi connectivity index (χ0) is 22.7. The van der Waals surface area contributed by atoms with Gasteiger partial charge in [0.1, 0.15) is 0 Å². The van der Waals surface area contributed by atoms with Crippen molar-refractivity contribution in [3.05, 3.63) is 94.5 Å². The van der Waals surface area contributed by atoms with Crippen LogP contribution in [0.5, 0.6) is 0 Å². The van der Waals surface area contributed by atoms with Gasteiger partial charge in [-0.1, -0.05) is 64.5 Å². The molecule has 4 rings (SSSR count). The second kappa shape index (κ2) is 9.57. The number of carbonyl (C=O) groups is 1. The van der Waals surface area contributed by atoms with Crippen LogP contribution in [-0.4, -0.2) is 37.8 Å². The normalized spacial score (nSPS) is 15.7. The van der Waals surface area contributed by atoms with Crippen molar-refractivity contribution in [3.8, 4) is 0 Å². The highest BCUT2D eigenvalue weighted by Crippen LogP contribution is 2.34. The molecule has 1 heterocycles. The van der Waals surface area contributed by atoms with Gasteiger partial charge in [-0.25, -0.2) is 8.42 Å². The molecule has 3 aromatic rings. The van der Waals surface area contributed by atoms with E-state index in [1.165, 1.54) is 4.31 Å². The first kappa shape index (κ1) is 22.7. The number of sulfonamides is 1. The molecule has 0 radical (unpaired) electrons. The molecule has 0 aromatic heterocycles. The van der Waals surface area contributed by atoms with Crippen LogP contribution in [0.2, 0.25) is 0 Å². The molecule has 0 saturated heterocycles. The Labute approximate surface area is 197 Å². The van der Waals surface area contributed by atoms with Gasteiger partial charge in [-0.2, -0.15) is 4.31 Å². The maximum Gasteiger partial charge on any atom is 0.243 e. The number of hydrogen-bond acceptors (Lipinski definition) is 3. The Bertz CT molecular complexity index is 1200. The molecule has 0 saturated carbocycles. The largest absolute Gasteiger partial charge is 0.308 e. The van der Waals surface area contributed by atoms with Crippen LogP contribution in [0.4, 0.5) is 5.69 Å². The Morgan fingerprint density at radius 1 is 1.03 bits per heavy atom. The summed E-state index contributed by atoms with van der Waals surface area (Å²) in [4.78, 5) is 15.3. The zero-order valence-corrected chi connectivity index (χ0v) is 20.2. The second-order valence-electron chi connectivity index (χ2n) is 7.98. The van der Waals surface area contributed by atoms with E-state index in [1.54, 1.807) is 35.2 Å². The SMILES string of the molecule is C[C@@H]1Cc2cc(Br)ccc2N1C(=O)CN(CCc1ccccc1)S(=O)(=O)c1ccccc1. The number of benzene rings is 3. The van der Waals surface area contributed by atoms with E-state index < -0.39 is 10.0 Å². The fourth-order valence-corrected chi connectivity index (χ4v) is 5.95. The van der Waals surface area contributed by atoms with Gasteiger partial charge in [-0.3, -0.25) is 4.79 Å². The topological polar surface area (TPSA) is 57.7 Å².